The number of fused-ring (bicyclic) bond motifs is 7. The van der Waals surface area contributed by atoms with Crippen molar-refractivity contribution >= 4 is 11.9 Å². The molecule has 388 valence electrons. The van der Waals surface area contributed by atoms with Crippen LogP contribution >= 0.6 is 0 Å². The van der Waals surface area contributed by atoms with E-state index in [0.717, 1.165) is 24.8 Å². The summed E-state index contributed by atoms with van der Waals surface area (Å²) in [5.41, 5.74) is -3.01. The molecule has 0 amide bonds. The number of esters is 1. The molecule has 8 aliphatic rings. The van der Waals surface area contributed by atoms with E-state index in [0.29, 0.717) is 25.7 Å². The third-order valence-corrected chi connectivity index (χ3v) is 19.7. The van der Waals surface area contributed by atoms with Crippen molar-refractivity contribution in [2.24, 2.45) is 50.2 Å². The van der Waals surface area contributed by atoms with Crippen LogP contribution in [0.2, 0.25) is 0 Å². The van der Waals surface area contributed by atoms with Gasteiger partial charge >= 0.3 is 11.9 Å². The van der Waals surface area contributed by atoms with Crippen LogP contribution in [0.1, 0.15) is 106 Å². The molecule has 0 aromatic carbocycles. The summed E-state index contributed by atoms with van der Waals surface area (Å²) in [4.78, 5) is 28.0. The maximum Gasteiger partial charge on any atom is 0.315 e. The third-order valence-electron chi connectivity index (χ3n) is 19.7. The molecule has 3 heterocycles. The summed E-state index contributed by atoms with van der Waals surface area (Å²) in [5, 5.41) is 129. The predicted molar refractivity (Wildman–Crippen MR) is 232 cm³/mol. The van der Waals surface area contributed by atoms with E-state index < -0.39 is 151 Å². The minimum absolute atomic E-state index is 0.0809. The standard InChI is InChI=1S/C48H76O20/c1-21-29(52)32(55)34(57)39(64-21)67-37-31(54)24(18-49)65-38(36(37)59)63-19-25-30(53)33(56)35(58)40(66-25)68-42(62)48-15-13-43(2,41(60)61)17-23(48)22-7-8-27-44(3)11-10-28(51)45(4,20-50)26(44)9-12-47(27,6)46(22,5)14-16-48/h7,21,23-40,49-59H,8-20H2,1-6H3,(H,60,61)/t21-,23-,24+,25+,26+,27+,28+,29-,30+,31+,32+,33-,34+,35+,36+,37-,38+,39-,40-,43+,44-,45-,46+,47+,48-/m0/s1. The van der Waals surface area contributed by atoms with E-state index in [9.17, 15) is 66.1 Å². The first kappa shape index (κ1) is 52.4. The van der Waals surface area contributed by atoms with Crippen LogP contribution in [0, 0.1) is 50.2 Å². The summed E-state index contributed by atoms with van der Waals surface area (Å²) in [7, 11) is 0. The average Bonchev–Trinajstić information content (AvgIpc) is 3.30. The molecule has 4 saturated carbocycles. The highest BCUT2D eigenvalue weighted by atomic mass is 16.8. The molecule has 20 nitrogen and oxygen atoms in total. The summed E-state index contributed by atoms with van der Waals surface area (Å²) in [6, 6.07) is 0. The van der Waals surface area contributed by atoms with Gasteiger partial charge in [0, 0.05) is 5.41 Å². The van der Waals surface area contributed by atoms with Gasteiger partial charge in [-0.05, 0) is 112 Å². The van der Waals surface area contributed by atoms with E-state index in [1.54, 1.807) is 6.92 Å². The van der Waals surface area contributed by atoms with Crippen molar-refractivity contribution in [3.05, 3.63) is 11.6 Å². The summed E-state index contributed by atoms with van der Waals surface area (Å²) in [6.45, 7) is 10.4. The SMILES string of the molecule is C[C@@H]1O[C@@H](O[C@@H]2[C@@H](O)[C@H](OC[C@H]3O[C@@H](OC(=O)[C@]45CC[C@@](C)(C(=O)O)C[C@H]4C4=CC[C@@H]6[C@@]7(C)CC[C@@H](O)[C@@](C)(CO)[C@@H]7CC[C@@]6(C)[C@]4(C)CC5)[C@H](O)[C@@H](O)[C@@H]3O)O[C@H](CO)[C@H]2O)[C@H](O)[C@H](O)[C@H]1O. The van der Waals surface area contributed by atoms with Crippen molar-refractivity contribution in [3.63, 3.8) is 0 Å². The Hall–Kier alpha value is -1.96. The van der Waals surface area contributed by atoms with Gasteiger partial charge in [-0.15, -0.1) is 0 Å². The fourth-order valence-corrected chi connectivity index (χ4v) is 14.9. The Morgan fingerprint density at radius 2 is 1.34 bits per heavy atom. The number of carbonyl (C=O) groups excluding carboxylic acids is 1. The second-order valence-electron chi connectivity index (χ2n) is 23.0. The highest BCUT2D eigenvalue weighted by Gasteiger charge is 2.71. The van der Waals surface area contributed by atoms with Crippen molar-refractivity contribution in [2.45, 2.75) is 204 Å². The Bertz CT molecular complexity index is 1910. The fourth-order valence-electron chi connectivity index (χ4n) is 14.9. The molecule has 7 fully saturated rings. The molecule has 0 radical (unpaired) electrons. The molecule has 0 aromatic heterocycles. The smallest absolute Gasteiger partial charge is 0.315 e. The topological polar surface area (TPSA) is 332 Å². The van der Waals surface area contributed by atoms with Gasteiger partial charge in [0.05, 0.1) is 42.9 Å². The number of hydrogen-bond donors (Lipinski definition) is 12. The lowest BCUT2D eigenvalue weighted by atomic mass is 9.33. The first-order valence-electron chi connectivity index (χ1n) is 24.5. The Balaban J connectivity index is 1.02. The molecule has 5 aliphatic carbocycles. The normalized spacial score (nSPS) is 54.8. The number of allylic oxidation sites excluding steroid dienone is 2. The first-order valence-corrected chi connectivity index (χ1v) is 24.5. The molecule has 3 saturated heterocycles. The quantitative estimate of drug-likeness (QED) is 0.0942. The molecule has 0 bridgehead atoms. The van der Waals surface area contributed by atoms with Gasteiger partial charge in [-0.1, -0.05) is 39.3 Å². The zero-order valence-corrected chi connectivity index (χ0v) is 39.9. The number of ether oxygens (including phenoxy) is 6. The second kappa shape index (κ2) is 18.5. The van der Waals surface area contributed by atoms with Gasteiger partial charge in [0.25, 0.3) is 0 Å². The van der Waals surface area contributed by atoms with Gasteiger partial charge in [-0.2, -0.15) is 0 Å². The van der Waals surface area contributed by atoms with Crippen molar-refractivity contribution in [2.75, 3.05) is 19.8 Å². The lowest BCUT2D eigenvalue weighted by Gasteiger charge is -2.71. The van der Waals surface area contributed by atoms with Gasteiger partial charge in [-0.25, -0.2) is 0 Å². The lowest BCUT2D eigenvalue weighted by Crippen LogP contribution is -2.66. The number of aliphatic hydroxyl groups excluding tert-OH is 11. The van der Waals surface area contributed by atoms with E-state index in [-0.39, 0.29) is 48.5 Å². The first-order chi connectivity index (χ1) is 31.8. The van der Waals surface area contributed by atoms with E-state index in [4.69, 9.17) is 28.4 Å². The van der Waals surface area contributed by atoms with Crippen LogP contribution in [-0.4, -0.2) is 191 Å². The maximum absolute atomic E-state index is 15.0. The molecule has 0 unspecified atom stereocenters. The minimum Gasteiger partial charge on any atom is -0.481 e. The molecule has 12 N–H and O–H groups in total. The Morgan fingerprint density at radius 3 is 2.00 bits per heavy atom. The molecule has 0 spiro atoms. The molecular formula is C48H76O20. The summed E-state index contributed by atoms with van der Waals surface area (Å²) in [6.07, 6.45) is -18.6. The molecule has 0 aromatic rings. The number of carbonyl (C=O) groups is 2. The maximum atomic E-state index is 15.0. The third kappa shape index (κ3) is 7.94. The molecule has 8 rings (SSSR count). The van der Waals surface area contributed by atoms with Crippen LogP contribution in [0.3, 0.4) is 0 Å². The molecule has 3 aliphatic heterocycles. The highest BCUT2D eigenvalue weighted by molar-refractivity contribution is 5.81. The zero-order chi connectivity index (χ0) is 49.8. The molecule has 25 atom stereocenters. The summed E-state index contributed by atoms with van der Waals surface area (Å²) in [5.74, 6) is -2.05. The van der Waals surface area contributed by atoms with Gasteiger partial charge in [-0.3, -0.25) is 9.59 Å². The van der Waals surface area contributed by atoms with Crippen LogP contribution in [0.15, 0.2) is 11.6 Å². The van der Waals surface area contributed by atoms with Crippen LogP contribution in [0.25, 0.3) is 0 Å². The van der Waals surface area contributed by atoms with Gasteiger partial charge in [0.2, 0.25) is 6.29 Å². The highest BCUT2D eigenvalue weighted by Crippen LogP contribution is 2.76. The van der Waals surface area contributed by atoms with E-state index in [1.807, 2.05) is 6.92 Å². The van der Waals surface area contributed by atoms with E-state index in [1.165, 1.54) is 6.92 Å². The number of aliphatic hydroxyl groups is 11. The number of aliphatic carboxylic acids is 1. The van der Waals surface area contributed by atoms with Crippen molar-refractivity contribution < 1.29 is 99.3 Å². The minimum atomic E-state index is -1.94. The average molecular weight is 973 g/mol. The van der Waals surface area contributed by atoms with Crippen LogP contribution < -0.4 is 0 Å². The molecular weight excluding hydrogens is 897 g/mol. The predicted octanol–water partition coefficient (Wildman–Crippen LogP) is -0.795. The number of rotatable bonds is 10. The van der Waals surface area contributed by atoms with Crippen molar-refractivity contribution in [3.8, 4) is 0 Å². The summed E-state index contributed by atoms with van der Waals surface area (Å²) >= 11 is 0. The summed E-state index contributed by atoms with van der Waals surface area (Å²) < 4.78 is 34.6. The van der Waals surface area contributed by atoms with Crippen LogP contribution in [-0.2, 0) is 38.0 Å². The van der Waals surface area contributed by atoms with E-state index in [2.05, 4.69) is 26.8 Å². The largest absolute Gasteiger partial charge is 0.481 e. The van der Waals surface area contributed by atoms with Gasteiger partial charge in [0.1, 0.15) is 67.1 Å². The van der Waals surface area contributed by atoms with Crippen LogP contribution in [0.4, 0.5) is 0 Å². The van der Waals surface area contributed by atoms with Crippen LogP contribution in [0.5, 0.6) is 0 Å². The zero-order valence-electron chi connectivity index (χ0n) is 39.9. The Morgan fingerprint density at radius 1 is 0.691 bits per heavy atom. The van der Waals surface area contributed by atoms with Crippen molar-refractivity contribution in [1.82, 2.24) is 0 Å². The lowest BCUT2D eigenvalue weighted by molar-refractivity contribution is -0.362. The number of carboxylic acids is 1. The molecule has 20 heteroatoms. The van der Waals surface area contributed by atoms with Crippen molar-refractivity contribution in [1.29, 1.82) is 0 Å². The van der Waals surface area contributed by atoms with Gasteiger partial charge < -0.3 is 89.7 Å². The van der Waals surface area contributed by atoms with E-state index >= 15 is 4.79 Å². The second-order valence-corrected chi connectivity index (χ2v) is 23.0. The Labute approximate surface area is 396 Å². The number of hydrogen-bond acceptors (Lipinski definition) is 19. The molecule has 68 heavy (non-hydrogen) atoms. The monoisotopic (exact) mass is 972 g/mol. The Kier molecular flexibility index (Phi) is 14.3. The number of carboxylic acid groups (broad SMARTS) is 1. The van der Waals surface area contributed by atoms with Gasteiger partial charge in [0.15, 0.2) is 12.6 Å². The fraction of sp³-hybridized carbons (Fsp3) is 0.917.